The third kappa shape index (κ3) is 1.97. The summed E-state index contributed by atoms with van der Waals surface area (Å²) in [6, 6.07) is 10.1. The lowest BCUT2D eigenvalue weighted by Gasteiger charge is -2.49. The van der Waals surface area contributed by atoms with E-state index in [0.29, 0.717) is 5.92 Å². The van der Waals surface area contributed by atoms with Crippen LogP contribution in [0.2, 0.25) is 0 Å². The number of hydrogen-bond acceptors (Lipinski definition) is 4. The molecule has 4 nitrogen and oxygen atoms in total. The average Bonchev–Trinajstić information content (AvgIpc) is 2.81. The molecular formula is C17H22O4. The smallest absolute Gasteiger partial charge is 0.230 e. The largest absolute Gasteiger partial charge is 0.353 e. The van der Waals surface area contributed by atoms with Crippen LogP contribution in [0, 0.1) is 5.92 Å². The molecule has 21 heavy (non-hydrogen) atoms. The third-order valence-corrected chi connectivity index (χ3v) is 5.34. The van der Waals surface area contributed by atoms with Gasteiger partial charge in [0, 0.05) is 19.1 Å². The van der Waals surface area contributed by atoms with Crippen LogP contribution in [0.25, 0.3) is 0 Å². The summed E-state index contributed by atoms with van der Waals surface area (Å²) in [4.78, 5) is 11.9. The Bertz CT molecular complexity index is 501. The molecule has 1 aromatic carbocycles. The van der Waals surface area contributed by atoms with Crippen molar-refractivity contribution in [1.82, 2.24) is 0 Å². The predicted molar refractivity (Wildman–Crippen MR) is 76.1 cm³/mol. The van der Waals surface area contributed by atoms with Crippen molar-refractivity contribution in [1.29, 1.82) is 0 Å². The number of fused-ring (bicyclic) bond motifs is 3. The number of benzene rings is 1. The molecule has 0 aromatic heterocycles. The molecule has 3 saturated heterocycles. The fourth-order valence-electron chi connectivity index (χ4n) is 4.19. The van der Waals surface area contributed by atoms with Crippen LogP contribution in [0.5, 0.6) is 0 Å². The predicted octanol–water partition coefficient (Wildman–Crippen LogP) is 3.51. The topological polar surface area (TPSA) is 36.9 Å². The van der Waals surface area contributed by atoms with Crippen LogP contribution >= 0.6 is 0 Å². The zero-order valence-corrected chi connectivity index (χ0v) is 12.4. The van der Waals surface area contributed by atoms with Gasteiger partial charge in [-0.15, -0.1) is 0 Å². The number of ether oxygens (including phenoxy) is 2. The van der Waals surface area contributed by atoms with Gasteiger partial charge >= 0.3 is 0 Å². The Morgan fingerprint density at radius 2 is 1.90 bits per heavy atom. The zero-order chi connectivity index (χ0) is 14.3. The van der Waals surface area contributed by atoms with Gasteiger partial charge in [0.15, 0.2) is 11.9 Å². The van der Waals surface area contributed by atoms with E-state index in [-0.39, 0.29) is 6.29 Å². The van der Waals surface area contributed by atoms with Gasteiger partial charge in [0.1, 0.15) is 0 Å². The van der Waals surface area contributed by atoms with Crippen molar-refractivity contribution >= 4 is 0 Å². The molecule has 1 saturated carbocycles. The molecule has 4 heteroatoms. The van der Waals surface area contributed by atoms with Gasteiger partial charge in [0.05, 0.1) is 0 Å². The Labute approximate surface area is 125 Å². The number of methoxy groups -OCH3 is 1. The second kappa shape index (κ2) is 5.06. The van der Waals surface area contributed by atoms with Crippen LogP contribution in [0.1, 0.15) is 44.1 Å². The first kappa shape index (κ1) is 13.7. The molecule has 1 aliphatic carbocycles. The zero-order valence-electron chi connectivity index (χ0n) is 12.4. The average molecular weight is 290 g/mol. The van der Waals surface area contributed by atoms with Crippen LogP contribution in [-0.2, 0) is 25.0 Å². The molecular weight excluding hydrogens is 268 g/mol. The third-order valence-electron chi connectivity index (χ3n) is 5.34. The highest BCUT2D eigenvalue weighted by atomic mass is 17.3. The number of rotatable bonds is 2. The molecule has 4 fully saturated rings. The molecule has 2 bridgehead atoms. The summed E-state index contributed by atoms with van der Waals surface area (Å²) in [7, 11) is 1.70. The van der Waals surface area contributed by atoms with Gasteiger partial charge in [-0.05, 0) is 25.2 Å². The summed E-state index contributed by atoms with van der Waals surface area (Å²) < 4.78 is 12.0. The van der Waals surface area contributed by atoms with Gasteiger partial charge in [0.25, 0.3) is 0 Å². The molecule has 3 aliphatic heterocycles. The van der Waals surface area contributed by atoms with Gasteiger partial charge < -0.3 is 9.47 Å². The maximum atomic E-state index is 6.32. The molecule has 4 atom stereocenters. The first-order chi connectivity index (χ1) is 10.3. The van der Waals surface area contributed by atoms with E-state index in [1.807, 2.05) is 30.3 Å². The van der Waals surface area contributed by atoms with E-state index in [0.717, 1.165) is 37.7 Å². The molecule has 0 unspecified atom stereocenters. The monoisotopic (exact) mass is 290 g/mol. The molecule has 1 aromatic rings. The Hall–Kier alpha value is -0.940. The Morgan fingerprint density at radius 1 is 1.05 bits per heavy atom. The maximum Gasteiger partial charge on any atom is 0.230 e. The van der Waals surface area contributed by atoms with Crippen molar-refractivity contribution < 1.29 is 19.2 Å². The van der Waals surface area contributed by atoms with Crippen LogP contribution in [0.4, 0.5) is 0 Å². The molecule has 114 valence electrons. The molecule has 0 amide bonds. The van der Waals surface area contributed by atoms with Crippen molar-refractivity contribution in [2.75, 3.05) is 7.11 Å². The standard InChI is InChI=1S/C17H22O4/c1-18-15-16-11-6-5-7-13(16)10-12-17(19-15,21-20-16)14-8-3-2-4-9-14/h2-4,8-9,13,15H,5-7,10-12H2,1H3/t13-,15+,16+,17+/m1/s1. The molecule has 4 aliphatic rings. The lowest BCUT2D eigenvalue weighted by molar-refractivity contribution is -0.558. The van der Waals surface area contributed by atoms with Crippen molar-refractivity contribution in [3.05, 3.63) is 35.9 Å². The summed E-state index contributed by atoms with van der Waals surface area (Å²) in [5.74, 6) is -0.380. The Balaban J connectivity index is 1.74. The summed E-state index contributed by atoms with van der Waals surface area (Å²) in [6.07, 6.45) is 6.00. The summed E-state index contributed by atoms with van der Waals surface area (Å²) in [6.45, 7) is 0. The highest BCUT2D eigenvalue weighted by molar-refractivity contribution is 5.21. The van der Waals surface area contributed by atoms with E-state index < -0.39 is 11.4 Å². The van der Waals surface area contributed by atoms with Crippen molar-refractivity contribution in [3.63, 3.8) is 0 Å². The van der Waals surface area contributed by atoms with Crippen molar-refractivity contribution in [2.45, 2.75) is 56.2 Å². The summed E-state index contributed by atoms with van der Waals surface area (Å²) in [5, 5.41) is 0. The molecule has 0 N–H and O–H groups in total. The van der Waals surface area contributed by atoms with E-state index in [2.05, 4.69) is 0 Å². The molecule has 3 heterocycles. The number of hydrogen-bond donors (Lipinski definition) is 0. The van der Waals surface area contributed by atoms with Crippen LogP contribution in [0.3, 0.4) is 0 Å². The first-order valence-corrected chi connectivity index (χ1v) is 7.92. The minimum Gasteiger partial charge on any atom is -0.353 e. The van der Waals surface area contributed by atoms with E-state index in [1.54, 1.807) is 7.11 Å². The first-order valence-electron chi connectivity index (χ1n) is 7.92. The second-order valence-corrected chi connectivity index (χ2v) is 6.41. The van der Waals surface area contributed by atoms with Gasteiger partial charge in [-0.1, -0.05) is 43.2 Å². The van der Waals surface area contributed by atoms with Crippen LogP contribution in [0.15, 0.2) is 30.3 Å². The van der Waals surface area contributed by atoms with Crippen LogP contribution < -0.4 is 0 Å². The van der Waals surface area contributed by atoms with E-state index in [4.69, 9.17) is 19.2 Å². The van der Waals surface area contributed by atoms with Gasteiger partial charge in [-0.3, -0.25) is 0 Å². The van der Waals surface area contributed by atoms with E-state index in [9.17, 15) is 0 Å². The maximum absolute atomic E-state index is 6.32. The van der Waals surface area contributed by atoms with Crippen molar-refractivity contribution in [3.8, 4) is 0 Å². The second-order valence-electron chi connectivity index (χ2n) is 6.41. The lowest BCUT2D eigenvalue weighted by atomic mass is 9.73. The normalized spacial score (nSPS) is 42.3. The van der Waals surface area contributed by atoms with Gasteiger partial charge in [0.2, 0.25) is 5.79 Å². The summed E-state index contributed by atoms with van der Waals surface area (Å²) in [5.41, 5.74) is 0.572. The fourth-order valence-corrected chi connectivity index (χ4v) is 4.19. The minimum atomic E-state index is -0.829. The molecule has 5 rings (SSSR count). The Morgan fingerprint density at radius 3 is 2.71 bits per heavy atom. The van der Waals surface area contributed by atoms with Gasteiger partial charge in [-0.2, -0.15) is 4.89 Å². The van der Waals surface area contributed by atoms with Crippen LogP contribution in [-0.4, -0.2) is 19.0 Å². The van der Waals surface area contributed by atoms with Gasteiger partial charge in [-0.25, -0.2) is 4.89 Å². The minimum absolute atomic E-state index is 0.362. The highest BCUT2D eigenvalue weighted by Crippen LogP contribution is 2.54. The summed E-state index contributed by atoms with van der Waals surface area (Å²) >= 11 is 0. The lowest BCUT2D eigenvalue weighted by Crippen LogP contribution is -2.59. The SMILES string of the molecule is CO[C@H]1O[C@@]2(c3ccccc3)CC[C@H]3CCCC[C@]31OO2. The molecule has 0 radical (unpaired) electrons. The fraction of sp³-hybridized carbons (Fsp3) is 0.647. The quantitative estimate of drug-likeness (QED) is 0.781. The Kier molecular flexibility index (Phi) is 3.30. The van der Waals surface area contributed by atoms with E-state index >= 15 is 0 Å². The highest BCUT2D eigenvalue weighted by Gasteiger charge is 2.61. The van der Waals surface area contributed by atoms with E-state index in [1.165, 1.54) is 6.42 Å². The molecule has 1 spiro atoms. The van der Waals surface area contributed by atoms with Crippen molar-refractivity contribution in [2.24, 2.45) is 5.92 Å².